The molecule has 0 unspecified atom stereocenters. The zero-order valence-electron chi connectivity index (χ0n) is 9.45. The first kappa shape index (κ1) is 18.1. The van der Waals surface area contributed by atoms with Crippen LogP contribution in [0.25, 0.3) is 0 Å². The second-order valence-corrected chi connectivity index (χ2v) is 4.33. The Morgan fingerprint density at radius 3 is 2.17 bits per heavy atom. The van der Waals surface area contributed by atoms with E-state index >= 15 is 0 Å². The summed E-state index contributed by atoms with van der Waals surface area (Å²) in [4.78, 5) is 0. The van der Waals surface area contributed by atoms with Gasteiger partial charge in [-0.3, -0.25) is 0 Å². The fourth-order valence-electron chi connectivity index (χ4n) is 1.13. The number of hydrogen-bond acceptors (Lipinski definition) is 2. The third-order valence-electron chi connectivity index (χ3n) is 1.86. The fraction of sp³-hybridized carbons (Fsp3) is 0. The van der Waals surface area contributed by atoms with E-state index in [1.165, 1.54) is 0 Å². The van der Waals surface area contributed by atoms with Crippen LogP contribution in [-0.4, -0.2) is 5.48 Å². The van der Waals surface area contributed by atoms with E-state index in [0.717, 1.165) is 0 Å². The van der Waals surface area contributed by atoms with Crippen LogP contribution in [0.1, 0.15) is 0 Å². The molecule has 0 amide bonds. The fourth-order valence-corrected chi connectivity index (χ4v) is 1.70. The van der Waals surface area contributed by atoms with Gasteiger partial charge in [0.2, 0.25) is 0 Å². The molecule has 0 spiro atoms. The minimum atomic E-state index is 0. The van der Waals surface area contributed by atoms with Gasteiger partial charge in [0.15, 0.2) is 0 Å². The van der Waals surface area contributed by atoms with Crippen molar-refractivity contribution in [3.8, 4) is 11.5 Å². The van der Waals surface area contributed by atoms with Crippen LogP contribution in [0.4, 0.5) is 0 Å². The molecule has 0 saturated carbocycles. The van der Waals surface area contributed by atoms with E-state index in [1.54, 1.807) is 36.4 Å². The van der Waals surface area contributed by atoms with E-state index in [-0.39, 0.29) is 35.0 Å². The van der Waals surface area contributed by atoms with E-state index < -0.39 is 0 Å². The molecular weight excluding hydrogens is 305 g/mol. The molecule has 2 rings (SSSR count). The molecule has 0 atom stereocenters. The smallest absolute Gasteiger partial charge is 0.870 e. The number of benzene rings is 2. The molecule has 2 aromatic carbocycles. The molecule has 90 valence electrons. The van der Waals surface area contributed by atoms with Gasteiger partial charge in [0.1, 0.15) is 5.75 Å². The molecule has 0 bridgehead atoms. The van der Waals surface area contributed by atoms with E-state index in [1.807, 2.05) is 0 Å². The van der Waals surface area contributed by atoms with Crippen LogP contribution in [0, 0.1) is 6.07 Å². The first-order valence-corrected chi connectivity index (χ1v) is 5.59. The molecule has 1 N–H and O–H groups in total. The molecule has 2 nitrogen and oxygen atoms in total. The van der Waals surface area contributed by atoms with Crippen molar-refractivity contribution >= 4 is 34.8 Å². The molecule has 0 saturated heterocycles. The molecule has 0 aliphatic heterocycles. The van der Waals surface area contributed by atoms with Gasteiger partial charge in [-0.25, -0.2) is 0 Å². The predicted molar refractivity (Wildman–Crippen MR) is 68.8 cm³/mol. The van der Waals surface area contributed by atoms with Crippen LogP contribution in [0.2, 0.25) is 15.1 Å². The number of ether oxygens (including phenoxy) is 1. The van der Waals surface area contributed by atoms with Crippen molar-refractivity contribution in [2.24, 2.45) is 0 Å². The maximum Gasteiger partial charge on any atom is 1.00 e. The van der Waals surface area contributed by atoms with Gasteiger partial charge in [0, 0.05) is 10.8 Å². The minimum absolute atomic E-state index is 0. The first-order valence-electron chi connectivity index (χ1n) is 4.45. The Hall–Kier alpha value is 0.0700. The standard InChI is InChI=1S/C12H6Cl3O.Na.H2O/c13-8-1-4-10(5-2-8)16-12-6-3-9(14)7-11(12)15;;/h1-4,6-7H;;1H2/q-1;+1;/p-1. The zero-order chi connectivity index (χ0) is 11.5. The summed E-state index contributed by atoms with van der Waals surface area (Å²) in [6.07, 6.45) is 0. The molecule has 0 aromatic heterocycles. The quantitative estimate of drug-likeness (QED) is 0.629. The van der Waals surface area contributed by atoms with Crippen LogP contribution >= 0.6 is 34.8 Å². The van der Waals surface area contributed by atoms with E-state index in [0.29, 0.717) is 26.6 Å². The first-order chi connectivity index (χ1) is 7.65. The Morgan fingerprint density at radius 1 is 0.944 bits per heavy atom. The third kappa shape index (κ3) is 4.98. The van der Waals surface area contributed by atoms with Crippen LogP contribution < -0.4 is 34.3 Å². The maximum atomic E-state index is 5.96. The van der Waals surface area contributed by atoms with Crippen molar-refractivity contribution in [1.29, 1.82) is 0 Å². The van der Waals surface area contributed by atoms with Gasteiger partial charge < -0.3 is 10.2 Å². The minimum Gasteiger partial charge on any atom is -0.870 e. The van der Waals surface area contributed by atoms with Gasteiger partial charge in [-0.05, 0) is 18.2 Å². The van der Waals surface area contributed by atoms with E-state index in [4.69, 9.17) is 39.5 Å². The number of rotatable bonds is 2. The van der Waals surface area contributed by atoms with E-state index in [9.17, 15) is 0 Å². The topological polar surface area (TPSA) is 39.2 Å². The monoisotopic (exact) mass is 311 g/mol. The SMILES string of the molecule is Clc1c[c-]c(Oc2ccc(Cl)cc2Cl)cc1.[Na+].[OH-]. The molecule has 0 aliphatic carbocycles. The van der Waals surface area contributed by atoms with Crippen LogP contribution in [0.15, 0.2) is 36.4 Å². The third-order valence-corrected chi connectivity index (χ3v) is 2.63. The van der Waals surface area contributed by atoms with Crippen molar-refractivity contribution in [3.05, 3.63) is 57.5 Å². The summed E-state index contributed by atoms with van der Waals surface area (Å²) >= 11 is 17.5. The molecule has 2 aromatic rings. The molecule has 0 radical (unpaired) electrons. The molecule has 18 heavy (non-hydrogen) atoms. The average molecular weight is 313 g/mol. The van der Waals surface area contributed by atoms with Gasteiger partial charge in [-0.1, -0.05) is 28.2 Å². The Balaban J connectivity index is 0.00000144. The molecule has 0 heterocycles. The summed E-state index contributed by atoms with van der Waals surface area (Å²) < 4.78 is 5.51. The van der Waals surface area contributed by atoms with Crippen molar-refractivity contribution in [2.75, 3.05) is 0 Å². The summed E-state index contributed by atoms with van der Waals surface area (Å²) in [6.45, 7) is 0. The zero-order valence-corrected chi connectivity index (χ0v) is 13.7. The van der Waals surface area contributed by atoms with Crippen molar-refractivity contribution in [3.63, 3.8) is 0 Å². The number of halogens is 3. The van der Waals surface area contributed by atoms with Crippen LogP contribution in [0.5, 0.6) is 11.5 Å². The molecule has 0 fully saturated rings. The maximum absolute atomic E-state index is 5.96. The average Bonchev–Trinajstić information content (AvgIpc) is 2.25. The summed E-state index contributed by atoms with van der Waals surface area (Å²) in [7, 11) is 0. The van der Waals surface area contributed by atoms with Gasteiger partial charge in [0.25, 0.3) is 0 Å². The van der Waals surface area contributed by atoms with Gasteiger partial charge in [-0.15, -0.1) is 12.1 Å². The summed E-state index contributed by atoms with van der Waals surface area (Å²) in [5.74, 6) is 1.08. The van der Waals surface area contributed by atoms with Gasteiger partial charge in [-0.2, -0.15) is 23.7 Å². The van der Waals surface area contributed by atoms with Crippen molar-refractivity contribution in [2.45, 2.75) is 0 Å². The normalized spacial score (nSPS) is 9.06. The van der Waals surface area contributed by atoms with Crippen molar-refractivity contribution in [1.82, 2.24) is 0 Å². The van der Waals surface area contributed by atoms with Gasteiger partial charge >= 0.3 is 29.6 Å². The molecule has 0 aliphatic rings. The van der Waals surface area contributed by atoms with E-state index in [2.05, 4.69) is 6.07 Å². The van der Waals surface area contributed by atoms with Crippen LogP contribution in [0.3, 0.4) is 0 Å². The predicted octanol–water partition coefficient (Wildman–Crippen LogP) is 2.07. The van der Waals surface area contributed by atoms with Gasteiger partial charge in [0.05, 0.1) is 5.02 Å². The Kier molecular flexibility index (Phi) is 8.31. The van der Waals surface area contributed by atoms with Crippen molar-refractivity contribution < 1.29 is 39.8 Å². The molecule has 6 heteroatoms. The second-order valence-electron chi connectivity index (χ2n) is 3.05. The molecular formula is C12H7Cl3NaO2-. The second kappa shape index (κ2) is 8.28. The van der Waals surface area contributed by atoms with Crippen LogP contribution in [-0.2, 0) is 0 Å². The number of hydrogen-bond donors (Lipinski definition) is 0. The Morgan fingerprint density at radius 2 is 1.61 bits per heavy atom. The summed E-state index contributed by atoms with van der Waals surface area (Å²) in [5.41, 5.74) is 0. The Bertz CT molecular complexity index is 503. The Labute approximate surface area is 142 Å². The summed E-state index contributed by atoms with van der Waals surface area (Å²) in [6, 6.07) is 13.0. The largest absolute Gasteiger partial charge is 1.00 e. The summed E-state index contributed by atoms with van der Waals surface area (Å²) in [5, 5.41) is 1.63.